The Bertz CT molecular complexity index is 1320. The van der Waals surface area contributed by atoms with Crippen LogP contribution in [-0.4, -0.2) is 11.7 Å². The van der Waals surface area contributed by atoms with Crippen LogP contribution < -0.4 is 25.9 Å². The third-order valence-corrected chi connectivity index (χ3v) is 6.24. The number of hydrogen-bond donors (Lipinski definition) is 0. The van der Waals surface area contributed by atoms with E-state index in [0.29, 0.717) is 0 Å². The lowest BCUT2D eigenvalue weighted by atomic mass is 9.34. The standard InChI is InChI=1S/C27H22BNO2/c1-27(2,3)17-14-15-21(29-16-17)18-8-6-10-20-26(18)31-24-13-7-12-23-25(24)28(20)19-9-4-5-11-22(19)30-23/h4-16H,1-3H3. The minimum atomic E-state index is 0.0687. The summed E-state index contributed by atoms with van der Waals surface area (Å²) in [6, 6.07) is 24.9. The monoisotopic (exact) mass is 403 g/mol. The van der Waals surface area contributed by atoms with E-state index in [0.717, 1.165) is 45.2 Å². The smallest absolute Gasteiger partial charge is 0.260 e. The summed E-state index contributed by atoms with van der Waals surface area (Å²) in [6.07, 6.45) is 1.98. The number of para-hydroxylation sites is 2. The maximum Gasteiger partial charge on any atom is 0.260 e. The van der Waals surface area contributed by atoms with E-state index >= 15 is 0 Å². The first kappa shape index (κ1) is 18.3. The van der Waals surface area contributed by atoms with E-state index in [2.05, 4.69) is 63.2 Å². The first-order chi connectivity index (χ1) is 15.0. The van der Waals surface area contributed by atoms with Crippen molar-refractivity contribution in [1.82, 2.24) is 4.98 Å². The molecule has 3 nitrogen and oxygen atoms in total. The normalized spacial score (nSPS) is 13.5. The molecule has 3 aromatic carbocycles. The molecule has 150 valence electrons. The molecule has 0 unspecified atom stereocenters. The Morgan fingerprint density at radius 2 is 1.42 bits per heavy atom. The molecule has 0 spiro atoms. The fraction of sp³-hybridized carbons (Fsp3) is 0.148. The second-order valence-corrected chi connectivity index (χ2v) is 9.25. The van der Waals surface area contributed by atoms with Crippen LogP contribution in [0.3, 0.4) is 0 Å². The van der Waals surface area contributed by atoms with E-state index in [-0.39, 0.29) is 12.1 Å². The summed E-state index contributed by atoms with van der Waals surface area (Å²) in [5.41, 5.74) is 6.63. The lowest BCUT2D eigenvalue weighted by molar-refractivity contribution is 0.465. The second-order valence-electron chi connectivity index (χ2n) is 9.25. The molecule has 3 heterocycles. The number of hydrogen-bond acceptors (Lipinski definition) is 3. The summed E-state index contributed by atoms with van der Waals surface area (Å²) >= 11 is 0. The summed E-state index contributed by atoms with van der Waals surface area (Å²) in [5, 5.41) is 0. The molecule has 0 radical (unpaired) electrons. The predicted molar refractivity (Wildman–Crippen MR) is 126 cm³/mol. The molecule has 4 aromatic rings. The zero-order chi connectivity index (χ0) is 21.2. The van der Waals surface area contributed by atoms with Crippen LogP contribution in [0.15, 0.2) is 79.0 Å². The van der Waals surface area contributed by atoms with Gasteiger partial charge >= 0.3 is 0 Å². The Morgan fingerprint density at radius 3 is 2.19 bits per heavy atom. The van der Waals surface area contributed by atoms with Crippen molar-refractivity contribution in [3.63, 3.8) is 0 Å². The topological polar surface area (TPSA) is 31.4 Å². The van der Waals surface area contributed by atoms with Gasteiger partial charge in [-0.2, -0.15) is 0 Å². The number of nitrogens with zero attached hydrogens (tertiary/aromatic N) is 1. The molecule has 0 bridgehead atoms. The van der Waals surface area contributed by atoms with Crippen molar-refractivity contribution in [3.8, 4) is 34.3 Å². The van der Waals surface area contributed by atoms with Crippen molar-refractivity contribution in [2.75, 3.05) is 0 Å². The van der Waals surface area contributed by atoms with Gasteiger partial charge in [0.1, 0.15) is 23.0 Å². The van der Waals surface area contributed by atoms with Crippen molar-refractivity contribution in [2.45, 2.75) is 26.2 Å². The highest BCUT2D eigenvalue weighted by Crippen LogP contribution is 2.38. The quantitative estimate of drug-likeness (QED) is 0.371. The Hall–Kier alpha value is -3.53. The molecule has 0 aliphatic carbocycles. The van der Waals surface area contributed by atoms with E-state index in [1.54, 1.807) is 0 Å². The molecular weight excluding hydrogens is 381 g/mol. The zero-order valence-electron chi connectivity index (χ0n) is 17.8. The molecule has 2 aliphatic rings. The lowest BCUT2D eigenvalue weighted by Gasteiger charge is -2.33. The highest BCUT2D eigenvalue weighted by molar-refractivity contribution is 6.98. The van der Waals surface area contributed by atoms with Gasteiger partial charge in [-0.15, -0.1) is 0 Å². The van der Waals surface area contributed by atoms with E-state index < -0.39 is 0 Å². The number of benzene rings is 3. The van der Waals surface area contributed by atoms with Crippen molar-refractivity contribution in [2.24, 2.45) is 0 Å². The van der Waals surface area contributed by atoms with Gasteiger partial charge in [-0.05, 0) is 52.2 Å². The van der Waals surface area contributed by atoms with Crippen molar-refractivity contribution in [3.05, 3.63) is 84.6 Å². The van der Waals surface area contributed by atoms with Gasteiger partial charge in [0.25, 0.3) is 6.71 Å². The number of pyridine rings is 1. The molecule has 31 heavy (non-hydrogen) atoms. The fourth-order valence-corrected chi connectivity index (χ4v) is 4.60. The predicted octanol–water partition coefficient (Wildman–Crippen LogP) is 4.77. The van der Waals surface area contributed by atoms with Gasteiger partial charge in [0.2, 0.25) is 0 Å². The summed E-state index contributed by atoms with van der Waals surface area (Å²) in [7, 11) is 0. The number of rotatable bonds is 1. The lowest BCUT2D eigenvalue weighted by Crippen LogP contribution is -2.57. The van der Waals surface area contributed by atoms with Crippen molar-refractivity contribution >= 4 is 23.1 Å². The zero-order valence-corrected chi connectivity index (χ0v) is 17.8. The average molecular weight is 403 g/mol. The molecule has 1 aromatic heterocycles. The van der Waals surface area contributed by atoms with E-state index in [1.165, 1.54) is 11.0 Å². The Balaban J connectivity index is 1.55. The minimum absolute atomic E-state index is 0.0687. The average Bonchev–Trinajstić information content (AvgIpc) is 2.78. The van der Waals surface area contributed by atoms with E-state index in [9.17, 15) is 0 Å². The largest absolute Gasteiger partial charge is 0.458 e. The van der Waals surface area contributed by atoms with Gasteiger partial charge in [0.05, 0.1) is 5.69 Å². The molecule has 2 aliphatic heterocycles. The summed E-state index contributed by atoms with van der Waals surface area (Å²) in [6.45, 7) is 6.69. The first-order valence-electron chi connectivity index (χ1n) is 10.7. The first-order valence-corrected chi connectivity index (χ1v) is 10.7. The molecule has 0 saturated carbocycles. The third kappa shape index (κ3) is 2.78. The molecule has 0 N–H and O–H groups in total. The van der Waals surface area contributed by atoms with Crippen LogP contribution in [0.2, 0.25) is 0 Å². The SMILES string of the molecule is CC(C)(C)c1ccc(-c2cccc3c2Oc2cccc4c2B3c2ccccc2O4)nc1. The summed E-state index contributed by atoms with van der Waals surface area (Å²) in [5.74, 6) is 3.50. The van der Waals surface area contributed by atoms with E-state index in [4.69, 9.17) is 14.5 Å². The molecular formula is C27H22BNO2. The Morgan fingerprint density at radius 1 is 0.710 bits per heavy atom. The van der Waals surface area contributed by atoms with Crippen LogP contribution in [0.1, 0.15) is 26.3 Å². The van der Waals surface area contributed by atoms with E-state index in [1.807, 2.05) is 36.5 Å². The maximum atomic E-state index is 6.50. The Labute approximate surface area is 182 Å². The summed E-state index contributed by atoms with van der Waals surface area (Å²) in [4.78, 5) is 4.80. The molecule has 4 heteroatoms. The van der Waals surface area contributed by atoms with Crippen LogP contribution >= 0.6 is 0 Å². The molecule has 0 amide bonds. The van der Waals surface area contributed by atoms with Gasteiger partial charge < -0.3 is 9.47 Å². The second kappa shape index (κ2) is 6.48. The van der Waals surface area contributed by atoms with Crippen LogP contribution in [0.4, 0.5) is 0 Å². The van der Waals surface area contributed by atoms with Crippen LogP contribution in [0, 0.1) is 0 Å². The molecule has 6 rings (SSSR count). The van der Waals surface area contributed by atoms with Crippen LogP contribution in [-0.2, 0) is 5.41 Å². The highest BCUT2D eigenvalue weighted by Gasteiger charge is 2.40. The molecule has 0 atom stereocenters. The molecule has 0 fully saturated rings. The maximum absolute atomic E-state index is 6.50. The number of aromatic nitrogens is 1. The van der Waals surface area contributed by atoms with Crippen LogP contribution in [0.5, 0.6) is 23.0 Å². The van der Waals surface area contributed by atoms with Crippen molar-refractivity contribution < 1.29 is 9.47 Å². The van der Waals surface area contributed by atoms with Crippen molar-refractivity contribution in [1.29, 1.82) is 0 Å². The minimum Gasteiger partial charge on any atom is -0.458 e. The molecule has 0 saturated heterocycles. The summed E-state index contributed by atoms with van der Waals surface area (Å²) < 4.78 is 12.7. The highest BCUT2D eigenvalue weighted by atomic mass is 16.5. The Kier molecular flexibility index (Phi) is 3.82. The van der Waals surface area contributed by atoms with Gasteiger partial charge in [0, 0.05) is 17.2 Å². The number of fused-ring (bicyclic) bond motifs is 4. The van der Waals surface area contributed by atoms with Gasteiger partial charge in [-0.1, -0.05) is 63.2 Å². The third-order valence-electron chi connectivity index (χ3n) is 6.24. The van der Waals surface area contributed by atoms with Gasteiger partial charge in [-0.25, -0.2) is 0 Å². The number of ether oxygens (including phenoxy) is 2. The van der Waals surface area contributed by atoms with Crippen LogP contribution in [0.25, 0.3) is 11.3 Å². The fourth-order valence-electron chi connectivity index (χ4n) is 4.60. The van der Waals surface area contributed by atoms with Gasteiger partial charge in [0.15, 0.2) is 0 Å². The van der Waals surface area contributed by atoms with Gasteiger partial charge in [-0.3, -0.25) is 4.98 Å².